The van der Waals surface area contributed by atoms with Crippen LogP contribution < -0.4 is 5.32 Å². The minimum absolute atomic E-state index is 0.382. The molecule has 1 fully saturated rings. The van der Waals surface area contributed by atoms with Gasteiger partial charge in [-0.05, 0) is 44.5 Å². The average Bonchev–Trinajstić information content (AvgIpc) is 2.99. The SMILES string of the molecule is CCCc1ccc(C(CN(C)CC2CCCO2)NC)cc1. The molecule has 1 aromatic rings. The van der Waals surface area contributed by atoms with Crippen molar-refractivity contribution in [2.45, 2.75) is 44.8 Å². The predicted octanol–water partition coefficient (Wildman–Crippen LogP) is 3.01. The molecule has 2 rings (SSSR count). The van der Waals surface area contributed by atoms with Gasteiger partial charge in [-0.15, -0.1) is 0 Å². The lowest BCUT2D eigenvalue weighted by Gasteiger charge is -2.26. The van der Waals surface area contributed by atoms with Crippen molar-refractivity contribution in [2.75, 3.05) is 33.8 Å². The van der Waals surface area contributed by atoms with Crippen LogP contribution in [0.4, 0.5) is 0 Å². The zero-order valence-electron chi connectivity index (χ0n) is 13.8. The Kier molecular flexibility index (Phi) is 6.68. The van der Waals surface area contributed by atoms with Crippen LogP contribution in [0.15, 0.2) is 24.3 Å². The van der Waals surface area contributed by atoms with Crippen molar-refractivity contribution in [1.29, 1.82) is 0 Å². The quantitative estimate of drug-likeness (QED) is 0.796. The van der Waals surface area contributed by atoms with E-state index < -0.39 is 0 Å². The summed E-state index contributed by atoms with van der Waals surface area (Å²) in [5.41, 5.74) is 2.81. The van der Waals surface area contributed by atoms with Crippen LogP contribution in [0.2, 0.25) is 0 Å². The molecule has 0 saturated carbocycles. The van der Waals surface area contributed by atoms with E-state index in [-0.39, 0.29) is 0 Å². The summed E-state index contributed by atoms with van der Waals surface area (Å²) in [5, 5.41) is 3.44. The summed E-state index contributed by atoms with van der Waals surface area (Å²) in [6.07, 6.45) is 5.23. The zero-order valence-corrected chi connectivity index (χ0v) is 13.8. The van der Waals surface area contributed by atoms with E-state index in [1.54, 1.807) is 0 Å². The summed E-state index contributed by atoms with van der Waals surface area (Å²) in [5.74, 6) is 0. The third kappa shape index (κ3) is 5.10. The van der Waals surface area contributed by atoms with Gasteiger partial charge in [0.2, 0.25) is 0 Å². The smallest absolute Gasteiger partial charge is 0.0702 e. The van der Waals surface area contributed by atoms with E-state index in [1.165, 1.54) is 36.8 Å². The second-order valence-corrected chi connectivity index (χ2v) is 6.19. The van der Waals surface area contributed by atoms with Crippen molar-refractivity contribution in [1.82, 2.24) is 10.2 Å². The van der Waals surface area contributed by atoms with E-state index in [1.807, 2.05) is 7.05 Å². The van der Waals surface area contributed by atoms with Crippen molar-refractivity contribution in [3.63, 3.8) is 0 Å². The first-order valence-electron chi connectivity index (χ1n) is 8.29. The first-order valence-corrected chi connectivity index (χ1v) is 8.29. The van der Waals surface area contributed by atoms with Gasteiger partial charge in [0.05, 0.1) is 6.10 Å². The van der Waals surface area contributed by atoms with Crippen LogP contribution in [-0.4, -0.2) is 44.8 Å². The number of rotatable bonds is 8. The van der Waals surface area contributed by atoms with Crippen LogP contribution in [0.5, 0.6) is 0 Å². The Morgan fingerprint density at radius 3 is 2.67 bits per heavy atom. The van der Waals surface area contributed by atoms with Gasteiger partial charge in [-0.1, -0.05) is 37.6 Å². The molecule has 2 unspecified atom stereocenters. The predicted molar refractivity (Wildman–Crippen MR) is 88.7 cm³/mol. The van der Waals surface area contributed by atoms with E-state index in [2.05, 4.69) is 48.5 Å². The largest absolute Gasteiger partial charge is 0.377 e. The van der Waals surface area contributed by atoms with Gasteiger partial charge in [-0.3, -0.25) is 0 Å². The Morgan fingerprint density at radius 1 is 1.33 bits per heavy atom. The van der Waals surface area contributed by atoms with Crippen molar-refractivity contribution in [3.8, 4) is 0 Å². The lowest BCUT2D eigenvalue weighted by atomic mass is 10.0. The second kappa shape index (κ2) is 8.52. The fraction of sp³-hybridized carbons (Fsp3) is 0.667. The standard InChI is InChI=1S/C18H30N2O/c1-4-6-15-8-10-16(11-9-15)18(19-2)14-20(3)13-17-7-5-12-21-17/h8-11,17-19H,4-7,12-14H2,1-3H3. The van der Waals surface area contributed by atoms with Gasteiger partial charge in [0.1, 0.15) is 0 Å². The lowest BCUT2D eigenvalue weighted by Crippen LogP contribution is -2.35. The summed E-state index contributed by atoms with van der Waals surface area (Å²) < 4.78 is 5.73. The van der Waals surface area contributed by atoms with Gasteiger partial charge in [0, 0.05) is 25.7 Å². The number of nitrogens with one attached hydrogen (secondary N) is 1. The van der Waals surface area contributed by atoms with Crippen LogP contribution in [0, 0.1) is 0 Å². The summed E-state index contributed by atoms with van der Waals surface area (Å²) in [7, 11) is 4.24. The van der Waals surface area contributed by atoms with Crippen LogP contribution in [0.25, 0.3) is 0 Å². The summed E-state index contributed by atoms with van der Waals surface area (Å²) >= 11 is 0. The monoisotopic (exact) mass is 290 g/mol. The highest BCUT2D eigenvalue weighted by Crippen LogP contribution is 2.18. The van der Waals surface area contributed by atoms with Crippen LogP contribution in [-0.2, 0) is 11.2 Å². The zero-order chi connectivity index (χ0) is 15.1. The molecule has 1 aliphatic heterocycles. The van der Waals surface area contributed by atoms with Crippen molar-refractivity contribution in [3.05, 3.63) is 35.4 Å². The van der Waals surface area contributed by atoms with Gasteiger partial charge in [0.25, 0.3) is 0 Å². The molecular weight excluding hydrogens is 260 g/mol. The fourth-order valence-electron chi connectivity index (χ4n) is 3.09. The third-order valence-corrected chi connectivity index (χ3v) is 4.30. The molecule has 21 heavy (non-hydrogen) atoms. The first kappa shape index (κ1) is 16.5. The minimum atomic E-state index is 0.382. The molecular formula is C18H30N2O. The molecule has 1 aromatic carbocycles. The molecule has 1 heterocycles. The molecule has 2 atom stereocenters. The van der Waals surface area contributed by atoms with Crippen LogP contribution >= 0.6 is 0 Å². The molecule has 0 bridgehead atoms. The van der Waals surface area contributed by atoms with Gasteiger partial charge in [-0.25, -0.2) is 0 Å². The Labute approximate surface area is 129 Å². The molecule has 118 valence electrons. The number of hydrogen-bond acceptors (Lipinski definition) is 3. The summed E-state index contributed by atoms with van der Waals surface area (Å²) in [6.45, 7) is 5.22. The number of benzene rings is 1. The molecule has 1 aliphatic rings. The maximum absolute atomic E-state index is 5.73. The van der Waals surface area contributed by atoms with Gasteiger partial charge in [-0.2, -0.15) is 0 Å². The molecule has 3 heteroatoms. The van der Waals surface area contributed by atoms with E-state index in [0.29, 0.717) is 12.1 Å². The number of likely N-dealkylation sites (N-methyl/N-ethyl adjacent to an activating group) is 2. The van der Waals surface area contributed by atoms with Crippen LogP contribution in [0.1, 0.15) is 43.4 Å². The summed E-state index contributed by atoms with van der Waals surface area (Å²) in [6, 6.07) is 9.46. The highest BCUT2D eigenvalue weighted by Gasteiger charge is 2.19. The van der Waals surface area contributed by atoms with Crippen molar-refractivity contribution < 1.29 is 4.74 Å². The first-order chi connectivity index (χ1) is 10.2. The molecule has 0 radical (unpaired) electrons. The van der Waals surface area contributed by atoms with E-state index in [9.17, 15) is 0 Å². The molecule has 0 spiro atoms. The Bertz CT molecular complexity index is 398. The molecule has 0 amide bonds. The summed E-state index contributed by atoms with van der Waals surface area (Å²) in [4.78, 5) is 2.39. The van der Waals surface area contributed by atoms with E-state index in [0.717, 1.165) is 19.7 Å². The normalized spacial score (nSPS) is 20.1. The molecule has 1 N–H and O–H groups in total. The Morgan fingerprint density at radius 2 is 2.10 bits per heavy atom. The molecule has 1 saturated heterocycles. The minimum Gasteiger partial charge on any atom is -0.377 e. The highest BCUT2D eigenvalue weighted by molar-refractivity contribution is 5.25. The van der Waals surface area contributed by atoms with E-state index in [4.69, 9.17) is 4.74 Å². The maximum Gasteiger partial charge on any atom is 0.0702 e. The molecule has 3 nitrogen and oxygen atoms in total. The number of ether oxygens (including phenoxy) is 1. The third-order valence-electron chi connectivity index (χ3n) is 4.30. The average molecular weight is 290 g/mol. The topological polar surface area (TPSA) is 24.5 Å². The molecule has 0 aliphatic carbocycles. The Balaban J connectivity index is 1.88. The Hall–Kier alpha value is -0.900. The van der Waals surface area contributed by atoms with Crippen molar-refractivity contribution in [2.24, 2.45) is 0 Å². The number of nitrogens with zero attached hydrogens (tertiary/aromatic N) is 1. The fourth-order valence-corrected chi connectivity index (χ4v) is 3.09. The number of aryl methyl sites for hydroxylation is 1. The van der Waals surface area contributed by atoms with Gasteiger partial charge >= 0.3 is 0 Å². The van der Waals surface area contributed by atoms with Crippen LogP contribution in [0.3, 0.4) is 0 Å². The van der Waals surface area contributed by atoms with E-state index >= 15 is 0 Å². The lowest BCUT2D eigenvalue weighted by molar-refractivity contribution is 0.0787. The van der Waals surface area contributed by atoms with Gasteiger partial charge in [0.15, 0.2) is 0 Å². The van der Waals surface area contributed by atoms with Crippen molar-refractivity contribution >= 4 is 0 Å². The number of hydrogen-bond donors (Lipinski definition) is 1. The van der Waals surface area contributed by atoms with Gasteiger partial charge < -0.3 is 15.0 Å². The second-order valence-electron chi connectivity index (χ2n) is 6.19. The highest BCUT2D eigenvalue weighted by atomic mass is 16.5. The molecule has 0 aromatic heterocycles. The maximum atomic E-state index is 5.73.